The third-order valence-electron chi connectivity index (χ3n) is 4.58. The molecule has 2 aromatic rings. The summed E-state index contributed by atoms with van der Waals surface area (Å²) < 4.78 is 0. The summed E-state index contributed by atoms with van der Waals surface area (Å²) >= 11 is 0. The van der Waals surface area contributed by atoms with E-state index < -0.39 is 0 Å². The maximum atomic E-state index is 9.33. The second-order valence-electron chi connectivity index (χ2n) is 7.73. The van der Waals surface area contributed by atoms with E-state index in [1.807, 2.05) is 19.1 Å². The van der Waals surface area contributed by atoms with Crippen LogP contribution in [0.25, 0.3) is 0 Å². The lowest BCUT2D eigenvalue weighted by Crippen LogP contribution is -2.18. The van der Waals surface area contributed by atoms with Crippen molar-refractivity contribution in [3.63, 3.8) is 0 Å². The van der Waals surface area contributed by atoms with Gasteiger partial charge in [0.25, 0.3) is 0 Å². The Morgan fingerprint density at radius 3 is 1.68 bits per heavy atom. The van der Waals surface area contributed by atoms with Crippen molar-refractivity contribution in [1.29, 1.82) is 0 Å². The Morgan fingerprint density at radius 1 is 0.880 bits per heavy atom. The predicted octanol–water partition coefficient (Wildman–Crippen LogP) is 5.83. The summed E-state index contributed by atoms with van der Waals surface area (Å²) in [5.41, 5.74) is 3.73. The van der Waals surface area contributed by atoms with Crippen LogP contribution >= 0.6 is 0 Å². The number of hydrogen-bond donors (Lipinski definition) is 2. The molecule has 2 rings (SSSR count). The topological polar surface area (TPSA) is 40.5 Å². The van der Waals surface area contributed by atoms with E-state index in [2.05, 4.69) is 58.9 Å². The maximum Gasteiger partial charge on any atom is 0.115 e. The zero-order chi connectivity index (χ0) is 19.0. The average Bonchev–Trinajstić information content (AvgIpc) is 2.55. The molecule has 0 aromatic heterocycles. The Kier molecular flexibility index (Phi) is 8.18. The van der Waals surface area contributed by atoms with E-state index in [0.717, 1.165) is 12.8 Å². The molecule has 0 amide bonds. The molecule has 0 fully saturated rings. The van der Waals surface area contributed by atoms with Crippen molar-refractivity contribution in [3.8, 4) is 5.75 Å². The maximum absolute atomic E-state index is 9.33. The van der Waals surface area contributed by atoms with Crippen LogP contribution in [-0.4, -0.2) is 16.3 Å². The molecule has 0 aliphatic heterocycles. The fourth-order valence-corrected chi connectivity index (χ4v) is 2.73. The minimum absolute atomic E-state index is 0.0403. The molecule has 0 spiro atoms. The minimum atomic E-state index is -0.0741. The van der Waals surface area contributed by atoms with E-state index in [0.29, 0.717) is 11.7 Å². The second kappa shape index (κ2) is 9.62. The van der Waals surface area contributed by atoms with Gasteiger partial charge in [-0.3, -0.25) is 0 Å². The molecule has 1 unspecified atom stereocenters. The molecule has 25 heavy (non-hydrogen) atoms. The highest BCUT2D eigenvalue weighted by Crippen LogP contribution is 2.32. The average molecular weight is 343 g/mol. The lowest BCUT2D eigenvalue weighted by molar-refractivity contribution is 0.145. The molecule has 2 N–H and O–H groups in total. The Morgan fingerprint density at radius 2 is 1.32 bits per heavy atom. The third-order valence-corrected chi connectivity index (χ3v) is 4.58. The number of aliphatic hydroxyl groups is 1. The van der Waals surface area contributed by atoms with Gasteiger partial charge in [-0.15, -0.1) is 0 Å². The Balaban J connectivity index is 0.000000333. The summed E-state index contributed by atoms with van der Waals surface area (Å²) in [6.07, 6.45) is 1.75. The van der Waals surface area contributed by atoms with E-state index in [1.165, 1.54) is 16.7 Å². The number of phenols is 1. The molecule has 2 nitrogen and oxygen atoms in total. The van der Waals surface area contributed by atoms with E-state index in [1.54, 1.807) is 12.1 Å². The van der Waals surface area contributed by atoms with Gasteiger partial charge in [0.1, 0.15) is 5.75 Å². The number of benzene rings is 2. The van der Waals surface area contributed by atoms with Crippen molar-refractivity contribution in [2.45, 2.75) is 65.9 Å². The lowest BCUT2D eigenvalue weighted by atomic mass is 9.78. The van der Waals surface area contributed by atoms with Crippen molar-refractivity contribution < 1.29 is 10.2 Å². The normalized spacial score (nSPS) is 12.5. The quantitative estimate of drug-likeness (QED) is 0.717. The van der Waals surface area contributed by atoms with Gasteiger partial charge in [0.15, 0.2) is 0 Å². The number of aliphatic hydroxyl groups excluding tert-OH is 1. The van der Waals surface area contributed by atoms with E-state index in [9.17, 15) is 5.11 Å². The van der Waals surface area contributed by atoms with Gasteiger partial charge in [0.05, 0.1) is 6.10 Å². The molecule has 0 bridgehead atoms. The van der Waals surface area contributed by atoms with Crippen LogP contribution in [0.3, 0.4) is 0 Å². The number of rotatable bonds is 5. The first-order valence-electron chi connectivity index (χ1n) is 9.21. The summed E-state index contributed by atoms with van der Waals surface area (Å²) in [5.74, 6) is 0.943. The fraction of sp³-hybridized carbons (Fsp3) is 0.478. The predicted molar refractivity (Wildman–Crippen MR) is 107 cm³/mol. The number of hydrogen-bond acceptors (Lipinski definition) is 2. The van der Waals surface area contributed by atoms with Crippen LogP contribution in [0.2, 0.25) is 0 Å². The van der Waals surface area contributed by atoms with Crippen molar-refractivity contribution in [3.05, 3.63) is 65.2 Å². The molecule has 138 valence electrons. The Hall–Kier alpha value is -1.80. The smallest absolute Gasteiger partial charge is 0.115 e. The standard InChI is InChI=1S/C16H18O.C7H16O/c1-12-4-6-13(7-5-12)16(2,3)14-8-10-15(17)11-9-14;1-4-7(8)5-6(2)3/h4-11,17H,1-3H3;6-8H,4-5H2,1-3H3. The summed E-state index contributed by atoms with van der Waals surface area (Å²) in [5, 5.41) is 18.4. The number of aromatic hydroxyl groups is 1. The van der Waals surface area contributed by atoms with Crippen LogP contribution in [0.5, 0.6) is 5.75 Å². The first-order valence-corrected chi connectivity index (χ1v) is 9.21. The monoisotopic (exact) mass is 342 g/mol. The van der Waals surface area contributed by atoms with E-state index >= 15 is 0 Å². The molecule has 2 heteroatoms. The molecule has 0 aliphatic rings. The zero-order valence-electron chi connectivity index (χ0n) is 16.6. The molecular weight excluding hydrogens is 308 g/mol. The minimum Gasteiger partial charge on any atom is -0.508 e. The van der Waals surface area contributed by atoms with Crippen LogP contribution in [0.1, 0.15) is 64.2 Å². The van der Waals surface area contributed by atoms with Crippen molar-refractivity contribution in [2.75, 3.05) is 0 Å². The highest BCUT2D eigenvalue weighted by atomic mass is 16.3. The van der Waals surface area contributed by atoms with Gasteiger partial charge < -0.3 is 10.2 Å². The Bertz CT molecular complexity index is 562. The summed E-state index contributed by atoms with van der Waals surface area (Å²) in [6.45, 7) is 12.7. The Labute approximate surface area is 153 Å². The number of aryl methyl sites for hydroxylation is 1. The van der Waals surface area contributed by atoms with Gasteiger partial charge in [0.2, 0.25) is 0 Å². The first kappa shape index (κ1) is 21.2. The third kappa shape index (κ3) is 6.91. The summed E-state index contributed by atoms with van der Waals surface area (Å²) in [6, 6.07) is 16.1. The summed E-state index contributed by atoms with van der Waals surface area (Å²) in [4.78, 5) is 0. The van der Waals surface area contributed by atoms with Crippen molar-refractivity contribution in [1.82, 2.24) is 0 Å². The van der Waals surface area contributed by atoms with Crippen LogP contribution in [0, 0.1) is 12.8 Å². The molecule has 0 saturated carbocycles. The van der Waals surface area contributed by atoms with Gasteiger partial charge >= 0.3 is 0 Å². The molecule has 1 atom stereocenters. The summed E-state index contributed by atoms with van der Waals surface area (Å²) in [7, 11) is 0. The number of phenolic OH excluding ortho intramolecular Hbond substituents is 1. The molecule has 0 radical (unpaired) electrons. The van der Waals surface area contributed by atoms with Gasteiger partial charge in [-0.05, 0) is 48.9 Å². The molecule has 2 aromatic carbocycles. The zero-order valence-corrected chi connectivity index (χ0v) is 16.6. The van der Waals surface area contributed by atoms with Gasteiger partial charge in [0, 0.05) is 5.41 Å². The van der Waals surface area contributed by atoms with E-state index in [4.69, 9.17) is 5.11 Å². The van der Waals surface area contributed by atoms with Gasteiger partial charge in [-0.25, -0.2) is 0 Å². The lowest BCUT2D eigenvalue weighted by Gasteiger charge is -2.26. The van der Waals surface area contributed by atoms with E-state index in [-0.39, 0.29) is 11.5 Å². The molecule has 0 saturated heterocycles. The van der Waals surface area contributed by atoms with Crippen LogP contribution in [-0.2, 0) is 5.41 Å². The molecular formula is C23H34O2. The van der Waals surface area contributed by atoms with Crippen molar-refractivity contribution in [2.24, 2.45) is 5.92 Å². The first-order chi connectivity index (χ1) is 11.7. The van der Waals surface area contributed by atoms with Gasteiger partial charge in [-0.1, -0.05) is 76.6 Å². The van der Waals surface area contributed by atoms with Crippen LogP contribution in [0.15, 0.2) is 48.5 Å². The highest BCUT2D eigenvalue weighted by molar-refractivity contribution is 5.40. The van der Waals surface area contributed by atoms with Crippen LogP contribution < -0.4 is 0 Å². The SMILES string of the molecule is CCC(O)CC(C)C.Cc1ccc(C(C)(C)c2ccc(O)cc2)cc1. The van der Waals surface area contributed by atoms with Crippen LogP contribution in [0.4, 0.5) is 0 Å². The second-order valence-corrected chi connectivity index (χ2v) is 7.73. The van der Waals surface area contributed by atoms with Crippen molar-refractivity contribution >= 4 is 0 Å². The molecule has 0 heterocycles. The highest BCUT2D eigenvalue weighted by Gasteiger charge is 2.22. The molecule has 0 aliphatic carbocycles. The van der Waals surface area contributed by atoms with Gasteiger partial charge in [-0.2, -0.15) is 0 Å². The largest absolute Gasteiger partial charge is 0.508 e. The fourth-order valence-electron chi connectivity index (χ4n) is 2.73.